The fourth-order valence-corrected chi connectivity index (χ4v) is 3.60. The van der Waals surface area contributed by atoms with Crippen LogP contribution >= 0.6 is 0 Å². The highest BCUT2D eigenvalue weighted by Gasteiger charge is 2.26. The lowest BCUT2D eigenvalue weighted by atomic mass is 9.96. The molecular formula is C20H22N2O2. The van der Waals surface area contributed by atoms with Gasteiger partial charge in [0.25, 0.3) is 5.91 Å². The Morgan fingerprint density at radius 1 is 1.08 bits per heavy atom. The fourth-order valence-electron chi connectivity index (χ4n) is 3.60. The number of para-hydroxylation sites is 2. The van der Waals surface area contributed by atoms with E-state index in [4.69, 9.17) is 4.74 Å². The van der Waals surface area contributed by atoms with E-state index < -0.39 is 0 Å². The number of ether oxygens (including phenoxy) is 1. The van der Waals surface area contributed by atoms with Gasteiger partial charge in [0.1, 0.15) is 0 Å². The zero-order chi connectivity index (χ0) is 16.5. The van der Waals surface area contributed by atoms with Gasteiger partial charge >= 0.3 is 0 Å². The summed E-state index contributed by atoms with van der Waals surface area (Å²) in [5, 5.41) is 0. The molecule has 0 aromatic heterocycles. The second-order valence-corrected chi connectivity index (χ2v) is 6.55. The third-order valence-corrected chi connectivity index (χ3v) is 5.02. The van der Waals surface area contributed by atoms with Gasteiger partial charge in [-0.2, -0.15) is 0 Å². The topological polar surface area (TPSA) is 32.8 Å². The van der Waals surface area contributed by atoms with Crippen LogP contribution in [0.2, 0.25) is 0 Å². The molecule has 1 amide bonds. The van der Waals surface area contributed by atoms with Crippen LogP contribution in [-0.4, -0.2) is 39.3 Å². The van der Waals surface area contributed by atoms with E-state index in [1.807, 2.05) is 41.3 Å². The Kier molecular flexibility index (Phi) is 3.98. The molecule has 0 bridgehead atoms. The number of likely N-dealkylation sites (N-methyl/N-ethyl adjacent to an activating group) is 1. The van der Waals surface area contributed by atoms with Gasteiger partial charge in [0, 0.05) is 38.2 Å². The van der Waals surface area contributed by atoms with Crippen LogP contribution < -0.4 is 9.80 Å². The number of hydrogen-bond donors (Lipinski definition) is 0. The molecular weight excluding hydrogens is 300 g/mol. The molecule has 2 aliphatic rings. The molecule has 4 rings (SSSR count). The third kappa shape index (κ3) is 2.67. The van der Waals surface area contributed by atoms with E-state index in [-0.39, 0.29) is 5.91 Å². The smallest absolute Gasteiger partial charge is 0.258 e. The first-order chi connectivity index (χ1) is 11.7. The fraction of sp³-hybridized carbons (Fsp3) is 0.350. The van der Waals surface area contributed by atoms with Crippen LogP contribution in [0.3, 0.4) is 0 Å². The number of anilines is 2. The maximum absolute atomic E-state index is 13.1. The first kappa shape index (κ1) is 15.2. The predicted molar refractivity (Wildman–Crippen MR) is 96.0 cm³/mol. The van der Waals surface area contributed by atoms with Crippen LogP contribution in [0, 0.1) is 0 Å². The molecule has 0 radical (unpaired) electrons. The number of rotatable bonds is 2. The summed E-state index contributed by atoms with van der Waals surface area (Å²) in [7, 11) is 2.07. The number of fused-ring (bicyclic) bond motifs is 1. The summed E-state index contributed by atoms with van der Waals surface area (Å²) < 4.78 is 5.49. The second kappa shape index (κ2) is 6.29. The molecule has 1 fully saturated rings. The minimum Gasteiger partial charge on any atom is -0.381 e. The lowest BCUT2D eigenvalue weighted by Gasteiger charge is -2.35. The number of amides is 1. The normalized spacial score (nSPS) is 20.1. The van der Waals surface area contributed by atoms with E-state index in [9.17, 15) is 4.79 Å². The first-order valence-corrected chi connectivity index (χ1v) is 8.54. The molecule has 2 aromatic rings. The van der Waals surface area contributed by atoms with Crippen molar-refractivity contribution in [3.63, 3.8) is 0 Å². The van der Waals surface area contributed by atoms with Gasteiger partial charge in [0.05, 0.1) is 18.0 Å². The van der Waals surface area contributed by atoms with Gasteiger partial charge in [-0.15, -0.1) is 0 Å². The average molecular weight is 322 g/mol. The summed E-state index contributed by atoms with van der Waals surface area (Å²) in [5.74, 6) is 0.494. The van der Waals surface area contributed by atoms with Gasteiger partial charge in [-0.05, 0) is 36.2 Å². The summed E-state index contributed by atoms with van der Waals surface area (Å²) in [4.78, 5) is 17.2. The number of benzene rings is 2. The molecule has 4 nitrogen and oxygen atoms in total. The van der Waals surface area contributed by atoms with Crippen LogP contribution in [0.4, 0.5) is 11.4 Å². The Labute approximate surface area is 142 Å². The number of carbonyl (C=O) groups is 1. The van der Waals surface area contributed by atoms with Crippen molar-refractivity contribution in [2.75, 3.05) is 43.2 Å². The van der Waals surface area contributed by atoms with E-state index in [1.165, 1.54) is 5.56 Å². The van der Waals surface area contributed by atoms with Gasteiger partial charge in [-0.3, -0.25) is 4.79 Å². The Balaban J connectivity index is 1.65. The molecule has 24 heavy (non-hydrogen) atoms. The molecule has 2 heterocycles. The Morgan fingerprint density at radius 2 is 1.92 bits per heavy atom. The molecule has 0 aliphatic carbocycles. The molecule has 1 saturated heterocycles. The highest BCUT2D eigenvalue weighted by atomic mass is 16.5. The number of hydrogen-bond acceptors (Lipinski definition) is 3. The molecule has 124 valence electrons. The van der Waals surface area contributed by atoms with E-state index in [2.05, 4.69) is 24.1 Å². The highest BCUT2D eigenvalue weighted by Crippen LogP contribution is 2.33. The van der Waals surface area contributed by atoms with Crippen LogP contribution in [0.15, 0.2) is 48.5 Å². The van der Waals surface area contributed by atoms with E-state index in [0.717, 1.165) is 43.1 Å². The Bertz CT molecular complexity index is 753. The van der Waals surface area contributed by atoms with E-state index in [0.29, 0.717) is 12.5 Å². The number of nitrogens with zero attached hydrogens (tertiary/aromatic N) is 2. The van der Waals surface area contributed by atoms with Crippen LogP contribution in [0.5, 0.6) is 0 Å². The molecule has 0 unspecified atom stereocenters. The standard InChI is InChI=1S/C20H22N2O2/c1-21-10-11-22(19-8-3-2-7-18(19)21)20(23)16-6-4-5-15(13-16)17-9-12-24-14-17/h2-8,13,17H,9-12,14H2,1H3/t17-/m1/s1. The lowest BCUT2D eigenvalue weighted by molar-refractivity contribution is 0.0986. The first-order valence-electron chi connectivity index (χ1n) is 8.54. The van der Waals surface area contributed by atoms with Crippen molar-refractivity contribution in [1.82, 2.24) is 0 Å². The minimum atomic E-state index is 0.0799. The quantitative estimate of drug-likeness (QED) is 0.850. The van der Waals surface area contributed by atoms with E-state index >= 15 is 0 Å². The maximum Gasteiger partial charge on any atom is 0.258 e. The molecule has 0 N–H and O–H groups in total. The van der Waals surface area contributed by atoms with Crippen molar-refractivity contribution < 1.29 is 9.53 Å². The summed E-state index contributed by atoms with van der Waals surface area (Å²) in [6.45, 7) is 3.13. The summed E-state index contributed by atoms with van der Waals surface area (Å²) in [5.41, 5.74) is 4.07. The SMILES string of the molecule is CN1CCN(C(=O)c2cccc([C@@H]3CCOC3)c2)c2ccccc21. The van der Waals surface area contributed by atoms with Gasteiger partial charge in [0.15, 0.2) is 0 Å². The Morgan fingerprint density at radius 3 is 2.71 bits per heavy atom. The zero-order valence-corrected chi connectivity index (χ0v) is 13.9. The monoisotopic (exact) mass is 322 g/mol. The van der Waals surface area contributed by atoms with Crippen molar-refractivity contribution in [1.29, 1.82) is 0 Å². The van der Waals surface area contributed by atoms with Crippen LogP contribution in [0.25, 0.3) is 0 Å². The minimum absolute atomic E-state index is 0.0799. The van der Waals surface area contributed by atoms with Gasteiger partial charge in [-0.1, -0.05) is 24.3 Å². The van der Waals surface area contributed by atoms with E-state index in [1.54, 1.807) is 0 Å². The van der Waals surface area contributed by atoms with Crippen molar-refractivity contribution in [2.24, 2.45) is 0 Å². The van der Waals surface area contributed by atoms with Crippen molar-refractivity contribution in [3.05, 3.63) is 59.7 Å². The number of carbonyl (C=O) groups excluding carboxylic acids is 1. The summed E-state index contributed by atoms with van der Waals surface area (Å²) in [6.07, 6.45) is 1.04. The molecule has 2 aliphatic heterocycles. The molecule has 4 heteroatoms. The summed E-state index contributed by atoms with van der Waals surface area (Å²) in [6, 6.07) is 16.2. The largest absolute Gasteiger partial charge is 0.381 e. The van der Waals surface area contributed by atoms with Gasteiger partial charge < -0.3 is 14.5 Å². The Hall–Kier alpha value is -2.33. The highest BCUT2D eigenvalue weighted by molar-refractivity contribution is 6.08. The lowest BCUT2D eigenvalue weighted by Crippen LogP contribution is -2.42. The molecule has 0 saturated carbocycles. The maximum atomic E-state index is 13.1. The predicted octanol–water partition coefficient (Wildman–Crippen LogP) is 3.29. The van der Waals surface area contributed by atoms with Crippen LogP contribution in [0.1, 0.15) is 28.3 Å². The molecule has 1 atom stereocenters. The van der Waals surface area contributed by atoms with Crippen LogP contribution in [-0.2, 0) is 4.74 Å². The zero-order valence-electron chi connectivity index (χ0n) is 13.9. The average Bonchev–Trinajstić information content (AvgIpc) is 3.17. The summed E-state index contributed by atoms with van der Waals surface area (Å²) >= 11 is 0. The molecule has 0 spiro atoms. The molecule has 2 aromatic carbocycles. The van der Waals surface area contributed by atoms with Gasteiger partial charge in [0.2, 0.25) is 0 Å². The van der Waals surface area contributed by atoms with Crippen molar-refractivity contribution in [2.45, 2.75) is 12.3 Å². The third-order valence-electron chi connectivity index (χ3n) is 5.02. The van der Waals surface area contributed by atoms with Crippen molar-refractivity contribution in [3.8, 4) is 0 Å². The van der Waals surface area contributed by atoms with Crippen molar-refractivity contribution >= 4 is 17.3 Å². The van der Waals surface area contributed by atoms with Gasteiger partial charge in [-0.25, -0.2) is 0 Å². The second-order valence-electron chi connectivity index (χ2n) is 6.55.